The average molecular weight is 301 g/mol. The SMILES string of the molecule is CCN(C(=O)c1cccc(Cl)c1Cl)C1CCNCC1. The number of nitrogens with zero attached hydrogens (tertiary/aromatic N) is 1. The Labute approximate surface area is 123 Å². The molecule has 0 aliphatic carbocycles. The molecule has 1 fully saturated rings. The Morgan fingerprint density at radius 2 is 2.05 bits per heavy atom. The van der Waals surface area contributed by atoms with Crippen molar-refractivity contribution in [3.8, 4) is 0 Å². The molecule has 19 heavy (non-hydrogen) atoms. The zero-order valence-corrected chi connectivity index (χ0v) is 12.5. The summed E-state index contributed by atoms with van der Waals surface area (Å²) >= 11 is 12.1. The lowest BCUT2D eigenvalue weighted by molar-refractivity contribution is 0.0656. The van der Waals surface area contributed by atoms with Gasteiger partial charge in [-0.05, 0) is 45.0 Å². The zero-order chi connectivity index (χ0) is 13.8. The van der Waals surface area contributed by atoms with Crippen LogP contribution in [0.15, 0.2) is 18.2 Å². The molecule has 0 saturated carbocycles. The normalized spacial score (nSPS) is 16.4. The maximum absolute atomic E-state index is 12.6. The van der Waals surface area contributed by atoms with Crippen LogP contribution in [0.3, 0.4) is 0 Å². The number of rotatable bonds is 3. The molecule has 0 aromatic heterocycles. The quantitative estimate of drug-likeness (QED) is 0.930. The average Bonchev–Trinajstić information content (AvgIpc) is 2.44. The van der Waals surface area contributed by atoms with Gasteiger partial charge in [-0.1, -0.05) is 29.3 Å². The number of hydrogen-bond acceptors (Lipinski definition) is 2. The second-order valence-electron chi connectivity index (χ2n) is 4.67. The molecule has 1 aliphatic heterocycles. The van der Waals surface area contributed by atoms with Crippen molar-refractivity contribution in [3.05, 3.63) is 33.8 Å². The maximum atomic E-state index is 12.6. The smallest absolute Gasteiger partial charge is 0.255 e. The number of hydrogen-bond donors (Lipinski definition) is 1. The largest absolute Gasteiger partial charge is 0.336 e. The maximum Gasteiger partial charge on any atom is 0.255 e. The van der Waals surface area contributed by atoms with E-state index in [1.165, 1.54) is 0 Å². The molecule has 1 N–H and O–H groups in total. The van der Waals surface area contributed by atoms with E-state index >= 15 is 0 Å². The number of amides is 1. The minimum Gasteiger partial charge on any atom is -0.336 e. The molecule has 1 saturated heterocycles. The van der Waals surface area contributed by atoms with Crippen LogP contribution in [0, 0.1) is 0 Å². The van der Waals surface area contributed by atoms with Crippen LogP contribution < -0.4 is 5.32 Å². The molecular weight excluding hydrogens is 283 g/mol. The minimum absolute atomic E-state index is 0.0260. The molecule has 3 nitrogen and oxygen atoms in total. The van der Waals surface area contributed by atoms with Gasteiger partial charge in [0.05, 0.1) is 15.6 Å². The number of carbonyl (C=O) groups excluding carboxylic acids is 1. The molecule has 0 unspecified atom stereocenters. The van der Waals surface area contributed by atoms with Crippen LogP contribution >= 0.6 is 23.2 Å². The summed E-state index contributed by atoms with van der Waals surface area (Å²) in [5.74, 6) is -0.0260. The highest BCUT2D eigenvalue weighted by Crippen LogP contribution is 2.27. The molecule has 2 rings (SSSR count). The van der Waals surface area contributed by atoms with Gasteiger partial charge in [0.1, 0.15) is 0 Å². The van der Waals surface area contributed by atoms with Gasteiger partial charge in [-0.3, -0.25) is 4.79 Å². The van der Waals surface area contributed by atoms with Gasteiger partial charge in [0, 0.05) is 12.6 Å². The Morgan fingerprint density at radius 1 is 1.37 bits per heavy atom. The van der Waals surface area contributed by atoms with Gasteiger partial charge in [-0.2, -0.15) is 0 Å². The van der Waals surface area contributed by atoms with Gasteiger partial charge >= 0.3 is 0 Å². The highest BCUT2D eigenvalue weighted by atomic mass is 35.5. The first-order valence-corrected chi connectivity index (χ1v) is 7.36. The monoisotopic (exact) mass is 300 g/mol. The van der Waals surface area contributed by atoms with Crippen molar-refractivity contribution in [2.75, 3.05) is 19.6 Å². The van der Waals surface area contributed by atoms with Crippen molar-refractivity contribution in [2.24, 2.45) is 0 Å². The van der Waals surface area contributed by atoms with E-state index in [-0.39, 0.29) is 11.9 Å². The summed E-state index contributed by atoms with van der Waals surface area (Å²) in [6.45, 7) is 4.60. The predicted octanol–water partition coefficient (Wildman–Crippen LogP) is 3.21. The first kappa shape index (κ1) is 14.6. The van der Waals surface area contributed by atoms with Crippen molar-refractivity contribution >= 4 is 29.1 Å². The van der Waals surface area contributed by atoms with Crippen LogP contribution in [0.1, 0.15) is 30.1 Å². The molecule has 104 valence electrons. The van der Waals surface area contributed by atoms with Crippen LogP contribution in [0.4, 0.5) is 0 Å². The van der Waals surface area contributed by atoms with Crippen molar-refractivity contribution in [3.63, 3.8) is 0 Å². The number of piperidine rings is 1. The van der Waals surface area contributed by atoms with Crippen molar-refractivity contribution < 1.29 is 4.79 Å². The Hall–Kier alpha value is -0.770. The Kier molecular flexibility index (Phi) is 5.08. The van der Waals surface area contributed by atoms with Gasteiger partial charge in [0.25, 0.3) is 5.91 Å². The zero-order valence-electron chi connectivity index (χ0n) is 11.0. The summed E-state index contributed by atoms with van der Waals surface area (Å²) < 4.78 is 0. The summed E-state index contributed by atoms with van der Waals surface area (Å²) in [6.07, 6.45) is 1.97. The number of nitrogens with one attached hydrogen (secondary N) is 1. The first-order valence-electron chi connectivity index (χ1n) is 6.60. The fourth-order valence-electron chi connectivity index (χ4n) is 2.51. The fraction of sp³-hybridized carbons (Fsp3) is 0.500. The van der Waals surface area contributed by atoms with Crippen LogP contribution in [-0.2, 0) is 0 Å². The molecule has 5 heteroatoms. The Balaban J connectivity index is 2.22. The highest BCUT2D eigenvalue weighted by molar-refractivity contribution is 6.43. The van der Waals surface area contributed by atoms with E-state index in [0.717, 1.165) is 25.9 Å². The molecule has 0 radical (unpaired) electrons. The van der Waals surface area contributed by atoms with Gasteiger partial charge in [-0.25, -0.2) is 0 Å². The molecule has 1 amide bonds. The third-order valence-corrected chi connectivity index (χ3v) is 4.35. The van der Waals surface area contributed by atoms with Crippen LogP contribution in [0.2, 0.25) is 10.0 Å². The summed E-state index contributed by atoms with van der Waals surface area (Å²) in [4.78, 5) is 14.5. The summed E-state index contributed by atoms with van der Waals surface area (Å²) in [7, 11) is 0. The third kappa shape index (κ3) is 3.22. The summed E-state index contributed by atoms with van der Waals surface area (Å²) in [6, 6.07) is 5.48. The molecule has 1 heterocycles. The Bertz CT molecular complexity index is 459. The molecule has 1 aliphatic rings. The lowest BCUT2D eigenvalue weighted by Crippen LogP contribution is -2.46. The van der Waals surface area contributed by atoms with E-state index < -0.39 is 0 Å². The number of halogens is 2. The lowest BCUT2D eigenvalue weighted by Gasteiger charge is -2.34. The first-order chi connectivity index (χ1) is 9.15. The molecular formula is C14H18Cl2N2O. The second-order valence-corrected chi connectivity index (χ2v) is 5.46. The summed E-state index contributed by atoms with van der Waals surface area (Å²) in [5.41, 5.74) is 0.495. The molecule has 0 atom stereocenters. The van der Waals surface area contributed by atoms with E-state index in [4.69, 9.17) is 23.2 Å². The van der Waals surface area contributed by atoms with E-state index in [0.29, 0.717) is 22.2 Å². The fourth-order valence-corrected chi connectivity index (χ4v) is 2.89. The number of carbonyl (C=O) groups is 1. The van der Waals surface area contributed by atoms with Crippen molar-refractivity contribution in [1.29, 1.82) is 0 Å². The molecule has 0 bridgehead atoms. The molecule has 0 spiro atoms. The van der Waals surface area contributed by atoms with Crippen molar-refractivity contribution in [1.82, 2.24) is 10.2 Å². The second kappa shape index (κ2) is 6.60. The van der Waals surface area contributed by atoms with E-state index in [9.17, 15) is 4.79 Å². The standard InChI is InChI=1S/C14H18Cl2N2O/c1-2-18(10-6-8-17-9-7-10)14(19)11-4-3-5-12(15)13(11)16/h3-5,10,17H,2,6-9H2,1H3. The van der Waals surface area contributed by atoms with Crippen LogP contribution in [-0.4, -0.2) is 36.5 Å². The molecule has 1 aromatic carbocycles. The highest BCUT2D eigenvalue weighted by Gasteiger charge is 2.26. The van der Waals surface area contributed by atoms with Gasteiger partial charge < -0.3 is 10.2 Å². The van der Waals surface area contributed by atoms with Gasteiger partial charge in [0.15, 0.2) is 0 Å². The van der Waals surface area contributed by atoms with Crippen molar-refractivity contribution in [2.45, 2.75) is 25.8 Å². The van der Waals surface area contributed by atoms with Gasteiger partial charge in [0.2, 0.25) is 0 Å². The third-order valence-electron chi connectivity index (χ3n) is 3.53. The summed E-state index contributed by atoms with van der Waals surface area (Å²) in [5, 5.41) is 4.08. The molecule has 1 aromatic rings. The minimum atomic E-state index is -0.0260. The van der Waals surface area contributed by atoms with Crippen LogP contribution in [0.25, 0.3) is 0 Å². The Morgan fingerprint density at radius 3 is 2.68 bits per heavy atom. The topological polar surface area (TPSA) is 32.3 Å². The number of benzene rings is 1. The lowest BCUT2D eigenvalue weighted by atomic mass is 10.0. The van der Waals surface area contributed by atoms with E-state index in [1.807, 2.05) is 11.8 Å². The van der Waals surface area contributed by atoms with Gasteiger partial charge in [-0.15, -0.1) is 0 Å². The van der Waals surface area contributed by atoms with E-state index in [1.54, 1.807) is 18.2 Å². The van der Waals surface area contributed by atoms with Crippen LogP contribution in [0.5, 0.6) is 0 Å². The van der Waals surface area contributed by atoms with E-state index in [2.05, 4.69) is 5.32 Å². The predicted molar refractivity (Wildman–Crippen MR) is 79.1 cm³/mol.